The van der Waals surface area contributed by atoms with Crippen LogP contribution < -0.4 is 10.2 Å². The number of nitrogens with zero attached hydrogens (tertiary/aromatic N) is 1. The first-order valence-electron chi connectivity index (χ1n) is 7.35. The van der Waals surface area contributed by atoms with Crippen LogP contribution in [0.1, 0.15) is 39.2 Å². The molecule has 1 saturated heterocycles. The fraction of sp³-hybridized carbons (Fsp3) is 0.500. The van der Waals surface area contributed by atoms with Gasteiger partial charge in [-0.25, -0.2) is 4.79 Å². The molecule has 0 aromatic heterocycles. The SMILES string of the molecule is CC(C)(C)OC(=O)NCc1cc(O)ccc1N1CCCC1=O. The van der Waals surface area contributed by atoms with Crippen molar-refractivity contribution < 1.29 is 19.4 Å². The van der Waals surface area contributed by atoms with Crippen LogP contribution in [0.3, 0.4) is 0 Å². The maximum atomic E-state index is 11.9. The molecule has 1 aromatic carbocycles. The summed E-state index contributed by atoms with van der Waals surface area (Å²) in [6.07, 6.45) is 0.813. The van der Waals surface area contributed by atoms with E-state index >= 15 is 0 Å². The normalized spacial score (nSPS) is 15.0. The van der Waals surface area contributed by atoms with Gasteiger partial charge in [0.05, 0.1) is 0 Å². The second kappa shape index (κ2) is 6.25. The summed E-state index contributed by atoms with van der Waals surface area (Å²) < 4.78 is 5.18. The summed E-state index contributed by atoms with van der Waals surface area (Å²) in [4.78, 5) is 25.3. The third-order valence-electron chi connectivity index (χ3n) is 3.25. The molecule has 1 aliphatic heterocycles. The highest BCUT2D eigenvalue weighted by molar-refractivity contribution is 5.96. The Balaban J connectivity index is 2.11. The van der Waals surface area contributed by atoms with Gasteiger partial charge in [-0.1, -0.05) is 0 Å². The van der Waals surface area contributed by atoms with E-state index in [2.05, 4.69) is 5.32 Å². The van der Waals surface area contributed by atoms with E-state index in [0.29, 0.717) is 18.5 Å². The van der Waals surface area contributed by atoms with E-state index in [1.807, 2.05) is 0 Å². The van der Waals surface area contributed by atoms with Crippen molar-refractivity contribution >= 4 is 17.7 Å². The number of anilines is 1. The predicted octanol–water partition coefficient (Wildman–Crippen LogP) is 2.54. The van der Waals surface area contributed by atoms with Gasteiger partial charge in [-0.15, -0.1) is 0 Å². The zero-order chi connectivity index (χ0) is 16.3. The number of hydrogen-bond acceptors (Lipinski definition) is 4. The minimum Gasteiger partial charge on any atom is -0.508 e. The molecule has 1 fully saturated rings. The van der Waals surface area contributed by atoms with Crippen molar-refractivity contribution in [2.75, 3.05) is 11.4 Å². The molecule has 1 heterocycles. The first-order valence-corrected chi connectivity index (χ1v) is 7.35. The lowest BCUT2D eigenvalue weighted by molar-refractivity contribution is -0.117. The van der Waals surface area contributed by atoms with E-state index in [9.17, 15) is 14.7 Å². The maximum Gasteiger partial charge on any atom is 0.407 e. The lowest BCUT2D eigenvalue weighted by Crippen LogP contribution is -2.33. The number of hydrogen-bond donors (Lipinski definition) is 2. The fourth-order valence-corrected chi connectivity index (χ4v) is 2.36. The Labute approximate surface area is 130 Å². The standard InChI is InChI=1S/C16H22N2O4/c1-16(2,3)22-15(21)17-10-11-9-12(19)6-7-13(11)18-8-4-5-14(18)20/h6-7,9,19H,4-5,8,10H2,1-3H3,(H,17,21). The topological polar surface area (TPSA) is 78.9 Å². The lowest BCUT2D eigenvalue weighted by Gasteiger charge is -2.22. The summed E-state index contributed by atoms with van der Waals surface area (Å²) in [5.41, 5.74) is 0.828. The lowest BCUT2D eigenvalue weighted by atomic mass is 10.1. The van der Waals surface area contributed by atoms with Crippen LogP contribution in [0.15, 0.2) is 18.2 Å². The van der Waals surface area contributed by atoms with E-state index in [-0.39, 0.29) is 18.2 Å². The van der Waals surface area contributed by atoms with Crippen LogP contribution in [0, 0.1) is 0 Å². The number of nitrogens with one attached hydrogen (secondary N) is 1. The molecule has 2 rings (SSSR count). The molecule has 0 saturated carbocycles. The van der Waals surface area contributed by atoms with Gasteiger partial charge >= 0.3 is 6.09 Å². The van der Waals surface area contributed by atoms with Crippen molar-refractivity contribution in [1.29, 1.82) is 0 Å². The van der Waals surface area contributed by atoms with Crippen LogP contribution in [0.5, 0.6) is 5.75 Å². The number of phenolic OH excluding ortho intramolecular Hbond substituents is 1. The first-order chi connectivity index (χ1) is 10.3. The molecule has 0 atom stereocenters. The van der Waals surface area contributed by atoms with E-state index in [1.165, 1.54) is 6.07 Å². The molecule has 0 radical (unpaired) electrons. The highest BCUT2D eigenvalue weighted by Gasteiger charge is 2.24. The van der Waals surface area contributed by atoms with Crippen molar-refractivity contribution in [2.45, 2.75) is 45.8 Å². The monoisotopic (exact) mass is 306 g/mol. The van der Waals surface area contributed by atoms with Crippen LogP contribution in [0.25, 0.3) is 0 Å². The summed E-state index contributed by atoms with van der Waals surface area (Å²) in [5.74, 6) is 0.153. The van der Waals surface area contributed by atoms with Gasteiger partial charge in [0.2, 0.25) is 5.91 Å². The minimum atomic E-state index is -0.573. The Hall–Kier alpha value is -2.24. The van der Waals surface area contributed by atoms with Crippen LogP contribution in [0.4, 0.5) is 10.5 Å². The zero-order valence-corrected chi connectivity index (χ0v) is 13.2. The van der Waals surface area contributed by atoms with Crippen molar-refractivity contribution in [3.8, 4) is 5.75 Å². The third kappa shape index (κ3) is 4.13. The van der Waals surface area contributed by atoms with Gasteiger partial charge in [0.25, 0.3) is 0 Å². The molecule has 120 valence electrons. The highest BCUT2D eigenvalue weighted by Crippen LogP contribution is 2.28. The average molecular weight is 306 g/mol. The fourth-order valence-electron chi connectivity index (χ4n) is 2.36. The molecular weight excluding hydrogens is 284 g/mol. The number of amides is 2. The van der Waals surface area contributed by atoms with Gasteiger partial charge in [0.1, 0.15) is 11.4 Å². The van der Waals surface area contributed by atoms with E-state index in [1.54, 1.807) is 37.8 Å². The first kappa shape index (κ1) is 16.1. The van der Waals surface area contributed by atoms with Crippen LogP contribution in [-0.4, -0.2) is 29.3 Å². The van der Waals surface area contributed by atoms with Gasteiger partial charge < -0.3 is 20.1 Å². The predicted molar refractivity (Wildman–Crippen MR) is 82.8 cm³/mol. The van der Waals surface area contributed by atoms with Crippen molar-refractivity contribution in [1.82, 2.24) is 5.32 Å². The minimum absolute atomic E-state index is 0.0595. The molecule has 1 aromatic rings. The summed E-state index contributed by atoms with van der Waals surface area (Å²) in [6, 6.07) is 4.79. The number of ether oxygens (including phenoxy) is 1. The molecule has 6 nitrogen and oxygen atoms in total. The molecule has 0 spiro atoms. The average Bonchev–Trinajstić information content (AvgIpc) is 2.81. The maximum absolute atomic E-state index is 11.9. The summed E-state index contributed by atoms with van der Waals surface area (Å²) in [5, 5.41) is 12.3. The molecule has 0 aliphatic carbocycles. The number of benzene rings is 1. The molecule has 2 N–H and O–H groups in total. The van der Waals surface area contributed by atoms with E-state index in [0.717, 1.165) is 12.1 Å². The molecule has 0 unspecified atom stereocenters. The Morgan fingerprint density at radius 3 is 2.73 bits per heavy atom. The second-order valence-corrected chi connectivity index (χ2v) is 6.32. The summed E-state index contributed by atoms with van der Waals surface area (Å²) >= 11 is 0. The van der Waals surface area contributed by atoms with Crippen molar-refractivity contribution in [3.63, 3.8) is 0 Å². The van der Waals surface area contributed by atoms with Gasteiger partial charge in [-0.3, -0.25) is 4.79 Å². The van der Waals surface area contributed by atoms with E-state index in [4.69, 9.17) is 4.74 Å². The molecule has 1 aliphatic rings. The smallest absolute Gasteiger partial charge is 0.407 e. The van der Waals surface area contributed by atoms with Crippen molar-refractivity contribution in [2.24, 2.45) is 0 Å². The number of phenols is 1. The van der Waals surface area contributed by atoms with Crippen molar-refractivity contribution in [3.05, 3.63) is 23.8 Å². The Morgan fingerprint density at radius 2 is 2.14 bits per heavy atom. The Morgan fingerprint density at radius 1 is 1.41 bits per heavy atom. The second-order valence-electron chi connectivity index (χ2n) is 6.32. The van der Waals surface area contributed by atoms with Crippen LogP contribution >= 0.6 is 0 Å². The molecule has 6 heteroatoms. The molecule has 0 bridgehead atoms. The summed E-state index contributed by atoms with van der Waals surface area (Å²) in [7, 11) is 0. The quantitative estimate of drug-likeness (QED) is 0.899. The highest BCUT2D eigenvalue weighted by atomic mass is 16.6. The number of carbonyl (C=O) groups excluding carboxylic acids is 2. The zero-order valence-electron chi connectivity index (χ0n) is 13.2. The van der Waals surface area contributed by atoms with Gasteiger partial charge in [0.15, 0.2) is 0 Å². The molecular formula is C16H22N2O4. The van der Waals surface area contributed by atoms with Gasteiger partial charge in [0, 0.05) is 25.2 Å². The van der Waals surface area contributed by atoms with Crippen LogP contribution in [-0.2, 0) is 16.1 Å². The Bertz CT molecular complexity index is 578. The van der Waals surface area contributed by atoms with Gasteiger partial charge in [-0.05, 0) is 51.0 Å². The molecule has 2 amide bonds. The van der Waals surface area contributed by atoms with Crippen LogP contribution in [0.2, 0.25) is 0 Å². The third-order valence-corrected chi connectivity index (χ3v) is 3.25. The van der Waals surface area contributed by atoms with Gasteiger partial charge in [-0.2, -0.15) is 0 Å². The van der Waals surface area contributed by atoms with E-state index < -0.39 is 11.7 Å². The summed E-state index contributed by atoms with van der Waals surface area (Å²) in [6.45, 7) is 6.20. The Kier molecular flexibility index (Phi) is 4.59. The number of aromatic hydroxyl groups is 1. The number of alkyl carbamates (subject to hydrolysis) is 1. The number of carbonyl (C=O) groups is 2. The molecule has 22 heavy (non-hydrogen) atoms. The largest absolute Gasteiger partial charge is 0.508 e. The number of rotatable bonds is 3.